The fraction of sp³-hybridized carbons (Fsp3) is 0.235. The van der Waals surface area contributed by atoms with Crippen molar-refractivity contribution in [1.29, 1.82) is 0 Å². The predicted octanol–water partition coefficient (Wildman–Crippen LogP) is 4.95. The number of rotatable bonds is 11. The number of hydrogen-bond acceptors (Lipinski definition) is 4. The Morgan fingerprint density at radius 1 is 0.475 bits per heavy atom. The average molecular weight is 537 g/mol. The van der Waals surface area contributed by atoms with E-state index in [1.165, 1.54) is 23.6 Å². The fourth-order valence-electron chi connectivity index (χ4n) is 4.65. The minimum Gasteiger partial charge on any atom is -0.377 e. The Hall–Kier alpha value is -4.26. The minimum absolute atomic E-state index is 0.201. The molecule has 0 saturated carbocycles. The van der Waals surface area contributed by atoms with Gasteiger partial charge in [-0.1, -0.05) is 121 Å². The highest BCUT2D eigenvalue weighted by atomic mass is 16.4. The van der Waals surface area contributed by atoms with Crippen LogP contribution in [-0.4, -0.2) is 43.0 Å². The summed E-state index contributed by atoms with van der Waals surface area (Å²) >= 11 is 0. The summed E-state index contributed by atoms with van der Waals surface area (Å²) in [5.41, 5.74) is -1.38. The van der Waals surface area contributed by atoms with Gasteiger partial charge >= 0.3 is 0 Å². The third kappa shape index (κ3) is 6.84. The van der Waals surface area contributed by atoms with Gasteiger partial charge in [0.15, 0.2) is 11.2 Å². The first kappa shape index (κ1) is 28.7. The third-order valence-corrected chi connectivity index (χ3v) is 7.22. The number of aliphatic hydroxyl groups is 2. The van der Waals surface area contributed by atoms with Gasteiger partial charge in [0.25, 0.3) is 11.8 Å². The molecule has 0 aromatic heterocycles. The van der Waals surface area contributed by atoms with E-state index in [2.05, 4.69) is 0 Å². The lowest BCUT2D eigenvalue weighted by molar-refractivity contribution is -0.192. The topological polar surface area (TPSA) is 81.1 Å². The van der Waals surface area contributed by atoms with Gasteiger partial charge in [0, 0.05) is 26.2 Å². The molecule has 2 amide bonds. The highest BCUT2D eigenvalue weighted by molar-refractivity contribution is 5.96. The van der Waals surface area contributed by atoms with E-state index in [4.69, 9.17) is 0 Å². The van der Waals surface area contributed by atoms with E-state index in [0.29, 0.717) is 0 Å². The molecule has 4 aromatic rings. The van der Waals surface area contributed by atoms with E-state index in [1.54, 1.807) is 0 Å². The summed E-state index contributed by atoms with van der Waals surface area (Å²) in [5.74, 6) is -1.48. The van der Waals surface area contributed by atoms with Crippen LogP contribution in [0.4, 0.5) is 0 Å². The lowest BCUT2D eigenvalue weighted by Gasteiger charge is -2.41. The molecule has 0 aliphatic rings. The number of carbonyl (C=O) groups excluding carboxylic acids is 2. The van der Waals surface area contributed by atoms with Crippen LogP contribution < -0.4 is 0 Å². The largest absolute Gasteiger partial charge is 0.377 e. The maximum atomic E-state index is 14.0. The van der Waals surface area contributed by atoms with Crippen molar-refractivity contribution in [2.45, 2.75) is 51.2 Å². The first-order chi connectivity index (χ1) is 19.2. The van der Waals surface area contributed by atoms with Gasteiger partial charge < -0.3 is 20.0 Å². The molecule has 0 heterocycles. The first-order valence-electron chi connectivity index (χ1n) is 13.4. The lowest BCUT2D eigenvalue weighted by Crippen LogP contribution is -2.66. The van der Waals surface area contributed by atoms with Gasteiger partial charge in [0.2, 0.25) is 0 Å². The molecule has 206 valence electrons. The molecular weight excluding hydrogens is 500 g/mol. The summed E-state index contributed by atoms with van der Waals surface area (Å²) in [6.45, 7) is 3.25. The van der Waals surface area contributed by atoms with Crippen molar-refractivity contribution in [1.82, 2.24) is 9.80 Å². The minimum atomic E-state index is -2.42. The second-order valence-corrected chi connectivity index (χ2v) is 10.4. The molecule has 2 atom stereocenters. The number of carbonyl (C=O) groups is 2. The second-order valence-electron chi connectivity index (χ2n) is 10.4. The van der Waals surface area contributed by atoms with Gasteiger partial charge in [-0.25, -0.2) is 0 Å². The predicted molar refractivity (Wildman–Crippen MR) is 156 cm³/mol. The number of nitrogens with zero attached hydrogens (tertiary/aromatic N) is 2. The van der Waals surface area contributed by atoms with Gasteiger partial charge in [-0.3, -0.25) is 9.59 Å². The molecule has 40 heavy (non-hydrogen) atoms. The SMILES string of the molecule is C[C@@](O)(C(=O)N(Cc1ccccc1)Cc1ccccc1)[C@](C)(O)C(=O)N(Cc1ccccc1)Cc1ccccc1. The second kappa shape index (κ2) is 12.7. The van der Waals surface area contributed by atoms with Crippen LogP contribution in [0.25, 0.3) is 0 Å². The van der Waals surface area contributed by atoms with Crippen molar-refractivity contribution >= 4 is 11.8 Å². The molecule has 2 N–H and O–H groups in total. The van der Waals surface area contributed by atoms with E-state index in [0.717, 1.165) is 22.3 Å². The average Bonchev–Trinajstić information content (AvgIpc) is 2.97. The van der Waals surface area contributed by atoms with Crippen molar-refractivity contribution in [2.24, 2.45) is 0 Å². The Morgan fingerprint density at radius 3 is 0.875 bits per heavy atom. The maximum absolute atomic E-state index is 14.0. The monoisotopic (exact) mass is 536 g/mol. The smallest absolute Gasteiger partial charge is 0.258 e. The summed E-state index contributed by atoms with van der Waals surface area (Å²) < 4.78 is 0. The number of benzene rings is 4. The van der Waals surface area contributed by atoms with Crippen LogP contribution in [0.1, 0.15) is 36.1 Å². The zero-order valence-electron chi connectivity index (χ0n) is 23.0. The van der Waals surface area contributed by atoms with Crippen LogP contribution in [-0.2, 0) is 35.8 Å². The zero-order valence-corrected chi connectivity index (χ0v) is 23.0. The summed E-state index contributed by atoms with van der Waals surface area (Å²) in [7, 11) is 0. The van der Waals surface area contributed by atoms with E-state index >= 15 is 0 Å². The Labute approximate surface area is 236 Å². The molecule has 6 nitrogen and oxygen atoms in total. The zero-order chi connectivity index (χ0) is 28.6. The molecular formula is C34H36N2O4. The molecule has 0 fully saturated rings. The van der Waals surface area contributed by atoms with Crippen LogP contribution in [0.15, 0.2) is 121 Å². The molecule has 0 unspecified atom stereocenters. The molecule has 0 radical (unpaired) electrons. The molecule has 0 aliphatic carbocycles. The van der Waals surface area contributed by atoms with Gasteiger partial charge in [0.05, 0.1) is 0 Å². The van der Waals surface area contributed by atoms with Crippen LogP contribution in [0.5, 0.6) is 0 Å². The highest BCUT2D eigenvalue weighted by Gasteiger charge is 2.55. The molecule has 6 heteroatoms. The van der Waals surface area contributed by atoms with Gasteiger partial charge in [-0.05, 0) is 36.1 Å². The standard InChI is InChI=1S/C34H36N2O4/c1-33(39,31(37)35(23-27-15-7-3-8-16-27)24-28-17-9-4-10-18-28)34(2,40)32(38)36(25-29-19-11-5-12-20-29)26-30-21-13-6-14-22-30/h3-22,39-40H,23-26H2,1-2H3/t33-,34-/m1/s1. The fourth-order valence-corrected chi connectivity index (χ4v) is 4.65. The Bertz CT molecular complexity index is 1180. The van der Waals surface area contributed by atoms with Crippen molar-refractivity contribution in [2.75, 3.05) is 0 Å². The molecule has 4 aromatic carbocycles. The molecule has 0 spiro atoms. The third-order valence-electron chi connectivity index (χ3n) is 7.22. The molecule has 0 aliphatic heterocycles. The summed E-state index contributed by atoms with van der Waals surface area (Å²) in [5, 5.41) is 23.4. The lowest BCUT2D eigenvalue weighted by atomic mass is 9.82. The van der Waals surface area contributed by atoms with Crippen molar-refractivity contribution in [3.05, 3.63) is 144 Å². The van der Waals surface area contributed by atoms with Gasteiger partial charge in [-0.15, -0.1) is 0 Å². The van der Waals surface area contributed by atoms with Crippen LogP contribution in [0.2, 0.25) is 0 Å². The van der Waals surface area contributed by atoms with Crippen LogP contribution in [0, 0.1) is 0 Å². The van der Waals surface area contributed by atoms with Crippen LogP contribution >= 0.6 is 0 Å². The molecule has 4 rings (SSSR count). The summed E-state index contributed by atoms with van der Waals surface area (Å²) in [6, 6.07) is 37.7. The van der Waals surface area contributed by atoms with Crippen molar-refractivity contribution < 1.29 is 19.8 Å². The Balaban J connectivity index is 1.64. The normalized spacial score (nSPS) is 14.0. The van der Waals surface area contributed by atoms with E-state index < -0.39 is 23.0 Å². The number of amides is 2. The van der Waals surface area contributed by atoms with E-state index in [9.17, 15) is 19.8 Å². The van der Waals surface area contributed by atoms with Crippen molar-refractivity contribution in [3.8, 4) is 0 Å². The van der Waals surface area contributed by atoms with Gasteiger partial charge in [-0.2, -0.15) is 0 Å². The molecule has 0 bridgehead atoms. The highest BCUT2D eigenvalue weighted by Crippen LogP contribution is 2.30. The number of hydrogen-bond donors (Lipinski definition) is 2. The maximum Gasteiger partial charge on any atom is 0.258 e. The van der Waals surface area contributed by atoms with Gasteiger partial charge in [0.1, 0.15) is 0 Å². The summed E-state index contributed by atoms with van der Waals surface area (Å²) in [4.78, 5) is 31.0. The van der Waals surface area contributed by atoms with E-state index in [-0.39, 0.29) is 26.2 Å². The van der Waals surface area contributed by atoms with E-state index in [1.807, 2.05) is 121 Å². The quantitative estimate of drug-likeness (QED) is 0.284. The van der Waals surface area contributed by atoms with Crippen LogP contribution in [0.3, 0.4) is 0 Å². The summed E-state index contributed by atoms with van der Waals surface area (Å²) in [6.07, 6.45) is 0. The Kier molecular flexibility index (Phi) is 9.15. The first-order valence-corrected chi connectivity index (χ1v) is 13.4. The molecule has 0 saturated heterocycles. The Morgan fingerprint density at radius 2 is 0.675 bits per heavy atom. The van der Waals surface area contributed by atoms with Crippen molar-refractivity contribution in [3.63, 3.8) is 0 Å².